The molecule has 0 fully saturated rings. The van der Waals surface area contributed by atoms with E-state index in [0.29, 0.717) is 22.4 Å². The SMILES string of the molecule is CS(=O)(=O)Nc1cccc(Nc2nc3[nH]ccc3c(=O)[nH]2)c1. The molecule has 0 unspecified atom stereocenters. The van der Waals surface area contributed by atoms with Crippen molar-refractivity contribution in [2.24, 2.45) is 0 Å². The number of nitrogens with zero attached hydrogens (tertiary/aromatic N) is 1. The largest absolute Gasteiger partial charge is 0.346 e. The molecule has 8 nitrogen and oxygen atoms in total. The van der Waals surface area contributed by atoms with E-state index < -0.39 is 10.0 Å². The van der Waals surface area contributed by atoms with Crippen LogP contribution in [0.1, 0.15) is 0 Å². The fourth-order valence-electron chi connectivity index (χ4n) is 2.02. The zero-order valence-corrected chi connectivity index (χ0v) is 12.4. The summed E-state index contributed by atoms with van der Waals surface area (Å²) in [6, 6.07) is 8.27. The summed E-state index contributed by atoms with van der Waals surface area (Å²) < 4.78 is 24.9. The molecule has 3 rings (SSSR count). The van der Waals surface area contributed by atoms with Crippen LogP contribution in [0, 0.1) is 0 Å². The molecule has 1 aromatic carbocycles. The number of aromatic nitrogens is 3. The van der Waals surface area contributed by atoms with E-state index in [0.717, 1.165) is 6.26 Å². The van der Waals surface area contributed by atoms with Crippen LogP contribution in [-0.2, 0) is 10.0 Å². The van der Waals surface area contributed by atoms with Crippen LogP contribution in [0.15, 0.2) is 41.3 Å². The van der Waals surface area contributed by atoms with E-state index in [9.17, 15) is 13.2 Å². The van der Waals surface area contributed by atoms with Gasteiger partial charge in [-0.3, -0.25) is 14.5 Å². The quantitative estimate of drug-likeness (QED) is 0.579. The number of aromatic amines is 2. The van der Waals surface area contributed by atoms with Crippen molar-refractivity contribution in [1.82, 2.24) is 15.0 Å². The summed E-state index contributed by atoms with van der Waals surface area (Å²) in [4.78, 5) is 21.6. The van der Waals surface area contributed by atoms with Crippen molar-refractivity contribution in [2.45, 2.75) is 0 Å². The summed E-state index contributed by atoms with van der Waals surface area (Å²) in [6.07, 6.45) is 2.71. The molecule has 3 aromatic rings. The molecule has 9 heteroatoms. The van der Waals surface area contributed by atoms with Crippen molar-refractivity contribution in [3.05, 3.63) is 46.9 Å². The minimum atomic E-state index is -3.35. The van der Waals surface area contributed by atoms with Crippen molar-refractivity contribution in [3.63, 3.8) is 0 Å². The van der Waals surface area contributed by atoms with Crippen molar-refractivity contribution in [2.75, 3.05) is 16.3 Å². The first-order valence-corrected chi connectivity index (χ1v) is 8.22. The van der Waals surface area contributed by atoms with Crippen LogP contribution in [0.25, 0.3) is 11.0 Å². The summed E-state index contributed by atoms with van der Waals surface area (Å²) >= 11 is 0. The highest BCUT2D eigenvalue weighted by Gasteiger charge is 2.06. The predicted molar refractivity (Wildman–Crippen MR) is 84.9 cm³/mol. The average molecular weight is 319 g/mol. The Labute approximate surface area is 125 Å². The number of hydrogen-bond donors (Lipinski definition) is 4. The van der Waals surface area contributed by atoms with Gasteiger partial charge in [0.25, 0.3) is 5.56 Å². The minimum absolute atomic E-state index is 0.261. The first-order chi connectivity index (χ1) is 10.4. The molecule has 0 saturated carbocycles. The molecule has 2 heterocycles. The van der Waals surface area contributed by atoms with Gasteiger partial charge in [0.1, 0.15) is 5.65 Å². The summed E-state index contributed by atoms with van der Waals surface area (Å²) in [7, 11) is -3.35. The molecule has 0 radical (unpaired) electrons. The van der Waals surface area contributed by atoms with Gasteiger partial charge in [-0.15, -0.1) is 0 Å². The Morgan fingerprint density at radius 1 is 1.18 bits per heavy atom. The number of benzene rings is 1. The first kappa shape index (κ1) is 14.1. The van der Waals surface area contributed by atoms with Gasteiger partial charge in [-0.25, -0.2) is 8.42 Å². The number of sulfonamides is 1. The van der Waals surface area contributed by atoms with E-state index in [1.807, 2.05) is 0 Å². The summed E-state index contributed by atoms with van der Waals surface area (Å²) in [6.45, 7) is 0. The molecule has 0 bridgehead atoms. The third kappa shape index (κ3) is 3.09. The van der Waals surface area contributed by atoms with Gasteiger partial charge in [0.2, 0.25) is 16.0 Å². The van der Waals surface area contributed by atoms with Crippen molar-refractivity contribution >= 4 is 38.4 Å². The van der Waals surface area contributed by atoms with Crippen LogP contribution < -0.4 is 15.6 Å². The maximum Gasteiger partial charge on any atom is 0.261 e. The fraction of sp³-hybridized carbons (Fsp3) is 0.0769. The minimum Gasteiger partial charge on any atom is -0.346 e. The molecule has 0 atom stereocenters. The Kier molecular flexibility index (Phi) is 3.33. The van der Waals surface area contributed by atoms with E-state index in [1.165, 1.54) is 0 Å². The lowest BCUT2D eigenvalue weighted by Gasteiger charge is -2.08. The van der Waals surface area contributed by atoms with Gasteiger partial charge < -0.3 is 10.3 Å². The summed E-state index contributed by atoms with van der Waals surface area (Å²) in [5.41, 5.74) is 1.20. The monoisotopic (exact) mass is 319 g/mol. The summed E-state index contributed by atoms with van der Waals surface area (Å²) in [5.74, 6) is 0.261. The third-order valence-corrected chi connectivity index (χ3v) is 3.46. The van der Waals surface area contributed by atoms with E-state index in [1.54, 1.807) is 36.5 Å². The lowest BCUT2D eigenvalue weighted by Crippen LogP contribution is -2.11. The molecule has 22 heavy (non-hydrogen) atoms. The average Bonchev–Trinajstić information content (AvgIpc) is 2.85. The number of rotatable bonds is 4. The van der Waals surface area contributed by atoms with Crippen LogP contribution in [-0.4, -0.2) is 29.6 Å². The van der Waals surface area contributed by atoms with Gasteiger partial charge in [-0.05, 0) is 24.3 Å². The second-order valence-electron chi connectivity index (χ2n) is 4.73. The maximum atomic E-state index is 11.9. The number of anilines is 3. The normalized spacial score (nSPS) is 11.5. The predicted octanol–water partition coefficient (Wildman–Crippen LogP) is 1.37. The highest BCUT2D eigenvalue weighted by molar-refractivity contribution is 7.92. The Morgan fingerprint density at radius 3 is 2.73 bits per heavy atom. The van der Waals surface area contributed by atoms with E-state index in [-0.39, 0.29) is 11.5 Å². The molecular weight excluding hydrogens is 306 g/mol. The molecule has 0 aliphatic carbocycles. The van der Waals surface area contributed by atoms with Gasteiger partial charge in [-0.1, -0.05) is 6.07 Å². The van der Waals surface area contributed by atoms with Crippen molar-refractivity contribution in [3.8, 4) is 0 Å². The number of H-pyrrole nitrogens is 2. The standard InChI is InChI=1S/C13H13N5O3S/c1-22(20,21)18-9-4-2-3-8(7-9)15-13-16-11-10(5-6-14-11)12(19)17-13/h2-7,18H,1H3,(H3,14,15,16,17,19). The third-order valence-electron chi connectivity index (χ3n) is 2.85. The Balaban J connectivity index is 1.91. The second-order valence-corrected chi connectivity index (χ2v) is 6.48. The molecule has 0 spiro atoms. The van der Waals surface area contributed by atoms with Crippen LogP contribution in [0.3, 0.4) is 0 Å². The molecule has 0 saturated heterocycles. The summed E-state index contributed by atoms with van der Waals surface area (Å²) in [5, 5.41) is 3.40. The van der Waals surface area contributed by atoms with Crippen LogP contribution in [0.4, 0.5) is 17.3 Å². The van der Waals surface area contributed by atoms with Gasteiger partial charge in [0.15, 0.2) is 0 Å². The molecule has 0 amide bonds. The Morgan fingerprint density at radius 2 is 1.95 bits per heavy atom. The van der Waals surface area contributed by atoms with Gasteiger partial charge in [-0.2, -0.15) is 4.98 Å². The lowest BCUT2D eigenvalue weighted by atomic mass is 10.3. The molecule has 114 valence electrons. The van der Waals surface area contributed by atoms with Crippen LogP contribution >= 0.6 is 0 Å². The number of nitrogens with one attached hydrogen (secondary N) is 4. The molecular formula is C13H13N5O3S. The van der Waals surface area contributed by atoms with Gasteiger partial charge in [0.05, 0.1) is 17.3 Å². The molecule has 0 aliphatic heterocycles. The maximum absolute atomic E-state index is 11.9. The zero-order chi connectivity index (χ0) is 15.7. The molecule has 0 aliphatic rings. The smallest absolute Gasteiger partial charge is 0.261 e. The number of fused-ring (bicyclic) bond motifs is 1. The molecule has 4 N–H and O–H groups in total. The molecule has 2 aromatic heterocycles. The fourth-order valence-corrected chi connectivity index (χ4v) is 2.58. The highest BCUT2D eigenvalue weighted by Crippen LogP contribution is 2.19. The Bertz CT molecular complexity index is 990. The number of hydrogen-bond acceptors (Lipinski definition) is 5. The Hall–Kier alpha value is -2.81. The van der Waals surface area contributed by atoms with Gasteiger partial charge in [0, 0.05) is 11.9 Å². The van der Waals surface area contributed by atoms with Crippen molar-refractivity contribution < 1.29 is 8.42 Å². The topological polar surface area (TPSA) is 120 Å². The van der Waals surface area contributed by atoms with E-state index >= 15 is 0 Å². The van der Waals surface area contributed by atoms with E-state index in [2.05, 4.69) is 25.0 Å². The lowest BCUT2D eigenvalue weighted by molar-refractivity contribution is 0.607. The van der Waals surface area contributed by atoms with Crippen LogP contribution in [0.2, 0.25) is 0 Å². The highest BCUT2D eigenvalue weighted by atomic mass is 32.2. The second kappa shape index (κ2) is 5.19. The van der Waals surface area contributed by atoms with Crippen molar-refractivity contribution in [1.29, 1.82) is 0 Å². The van der Waals surface area contributed by atoms with Crippen LogP contribution in [0.5, 0.6) is 0 Å². The van der Waals surface area contributed by atoms with E-state index in [4.69, 9.17) is 0 Å². The zero-order valence-electron chi connectivity index (χ0n) is 11.5. The van der Waals surface area contributed by atoms with Gasteiger partial charge >= 0.3 is 0 Å². The first-order valence-electron chi connectivity index (χ1n) is 6.33.